The number of hydrogen-bond donors (Lipinski definition) is 1. The lowest BCUT2D eigenvalue weighted by Crippen LogP contribution is -2.10. The summed E-state index contributed by atoms with van der Waals surface area (Å²) in [5, 5.41) is 1.91. The molecule has 0 aromatic heterocycles. The molecule has 0 radical (unpaired) electrons. The lowest BCUT2D eigenvalue weighted by molar-refractivity contribution is -0.137. The molecular formula is C8H4BrClF3NO. The second-order valence-corrected chi connectivity index (χ2v) is 3.86. The van der Waals surface area contributed by atoms with Crippen LogP contribution < -0.4 is 5.32 Å². The monoisotopic (exact) mass is 301 g/mol. The lowest BCUT2D eigenvalue weighted by Gasteiger charge is -2.13. The van der Waals surface area contributed by atoms with E-state index < -0.39 is 11.7 Å². The maximum absolute atomic E-state index is 12.5. The Labute approximate surface area is 96.5 Å². The molecule has 1 aromatic rings. The van der Waals surface area contributed by atoms with E-state index in [9.17, 15) is 18.0 Å². The number of benzene rings is 1. The third-order valence-corrected chi connectivity index (χ3v) is 2.41. The zero-order valence-electron chi connectivity index (χ0n) is 7.03. The van der Waals surface area contributed by atoms with Crippen LogP contribution in [0, 0.1) is 0 Å². The highest BCUT2D eigenvalue weighted by atomic mass is 79.9. The maximum Gasteiger partial charge on any atom is 0.418 e. The largest absolute Gasteiger partial charge is 0.418 e. The minimum absolute atomic E-state index is 0.0642. The van der Waals surface area contributed by atoms with Crippen molar-refractivity contribution in [1.82, 2.24) is 0 Å². The van der Waals surface area contributed by atoms with Crippen molar-refractivity contribution in [3.8, 4) is 0 Å². The van der Waals surface area contributed by atoms with Gasteiger partial charge in [0.05, 0.1) is 11.3 Å². The average molecular weight is 302 g/mol. The Balaban J connectivity index is 3.39. The molecule has 0 spiro atoms. The molecule has 1 aromatic carbocycles. The van der Waals surface area contributed by atoms with E-state index in [1.54, 1.807) is 0 Å². The van der Waals surface area contributed by atoms with Crippen molar-refractivity contribution in [3.63, 3.8) is 0 Å². The molecular weight excluding hydrogens is 298 g/mol. The van der Waals surface area contributed by atoms with Gasteiger partial charge in [0.15, 0.2) is 0 Å². The molecule has 15 heavy (non-hydrogen) atoms. The summed E-state index contributed by atoms with van der Waals surface area (Å²) in [7, 11) is 0. The van der Waals surface area contributed by atoms with E-state index in [0.717, 1.165) is 6.07 Å². The first-order chi connectivity index (χ1) is 6.86. The van der Waals surface area contributed by atoms with E-state index in [2.05, 4.69) is 15.9 Å². The molecule has 0 fully saturated rings. The second kappa shape index (κ2) is 4.40. The minimum atomic E-state index is -4.57. The number of halogens is 5. The van der Waals surface area contributed by atoms with Crippen LogP contribution in [0.3, 0.4) is 0 Å². The molecule has 1 amide bonds. The molecule has 7 heteroatoms. The highest BCUT2D eigenvalue weighted by Crippen LogP contribution is 2.40. The molecule has 0 aliphatic rings. The highest BCUT2D eigenvalue weighted by Gasteiger charge is 2.34. The number of rotatable bonds is 2. The number of anilines is 1. The molecule has 0 saturated heterocycles. The Morgan fingerprint density at radius 2 is 2.00 bits per heavy atom. The molecule has 1 N–H and O–H groups in total. The average Bonchev–Trinajstić information content (AvgIpc) is 2.07. The van der Waals surface area contributed by atoms with Gasteiger partial charge in [-0.25, -0.2) is 0 Å². The van der Waals surface area contributed by atoms with Gasteiger partial charge in [0, 0.05) is 9.50 Å². The van der Waals surface area contributed by atoms with Crippen molar-refractivity contribution >= 4 is 39.6 Å². The molecule has 1 rings (SSSR count). The first-order valence-electron chi connectivity index (χ1n) is 3.62. The lowest BCUT2D eigenvalue weighted by atomic mass is 10.1. The molecule has 0 aliphatic carbocycles. The molecule has 0 bridgehead atoms. The van der Waals surface area contributed by atoms with E-state index >= 15 is 0 Å². The van der Waals surface area contributed by atoms with E-state index in [0.29, 0.717) is 0 Å². The standard InChI is InChI=1S/C8H4BrClF3NO/c9-6-2-4(10)1-5(8(11,12)13)7(6)14-3-15/h1-3H,(H,14,15). The van der Waals surface area contributed by atoms with Gasteiger partial charge in [-0.3, -0.25) is 4.79 Å². The molecule has 0 saturated carbocycles. The minimum Gasteiger partial charge on any atom is -0.327 e. The van der Waals surface area contributed by atoms with E-state index in [4.69, 9.17) is 11.6 Å². The van der Waals surface area contributed by atoms with Gasteiger partial charge in [0.2, 0.25) is 6.41 Å². The molecule has 0 aliphatic heterocycles. The van der Waals surface area contributed by atoms with E-state index in [1.807, 2.05) is 5.32 Å². The Hall–Kier alpha value is -0.750. The summed E-state index contributed by atoms with van der Waals surface area (Å²) in [5.41, 5.74) is -1.34. The summed E-state index contributed by atoms with van der Waals surface area (Å²) in [6.07, 6.45) is -4.40. The van der Waals surface area contributed by atoms with Crippen LogP contribution in [-0.2, 0) is 11.0 Å². The van der Waals surface area contributed by atoms with E-state index in [-0.39, 0.29) is 21.6 Å². The van der Waals surface area contributed by atoms with Gasteiger partial charge >= 0.3 is 6.18 Å². The SMILES string of the molecule is O=CNc1c(Br)cc(Cl)cc1C(F)(F)F. The van der Waals surface area contributed by atoms with Crippen LogP contribution in [-0.4, -0.2) is 6.41 Å². The van der Waals surface area contributed by atoms with Crippen LogP contribution in [0.1, 0.15) is 5.56 Å². The summed E-state index contributed by atoms with van der Waals surface area (Å²) >= 11 is 8.37. The summed E-state index contributed by atoms with van der Waals surface area (Å²) in [6, 6.07) is 2.01. The highest BCUT2D eigenvalue weighted by molar-refractivity contribution is 9.10. The van der Waals surface area contributed by atoms with Crippen LogP contribution >= 0.6 is 27.5 Å². The number of alkyl halides is 3. The van der Waals surface area contributed by atoms with Gasteiger partial charge in [-0.1, -0.05) is 11.6 Å². The second-order valence-electron chi connectivity index (χ2n) is 2.57. The van der Waals surface area contributed by atoms with Gasteiger partial charge in [-0.15, -0.1) is 0 Å². The fourth-order valence-corrected chi connectivity index (χ4v) is 1.93. The van der Waals surface area contributed by atoms with Crippen LogP contribution in [0.5, 0.6) is 0 Å². The Morgan fingerprint density at radius 3 is 2.47 bits per heavy atom. The fourth-order valence-electron chi connectivity index (χ4n) is 1.00. The predicted molar refractivity (Wildman–Crippen MR) is 53.8 cm³/mol. The molecule has 0 unspecified atom stereocenters. The first-order valence-corrected chi connectivity index (χ1v) is 4.79. The van der Waals surface area contributed by atoms with Crippen LogP contribution in [0.2, 0.25) is 5.02 Å². The molecule has 0 heterocycles. The normalized spacial score (nSPS) is 11.3. The first kappa shape index (κ1) is 12.3. The topological polar surface area (TPSA) is 29.1 Å². The van der Waals surface area contributed by atoms with E-state index in [1.165, 1.54) is 6.07 Å². The summed E-state index contributed by atoms with van der Waals surface area (Å²) in [6.45, 7) is 0. The number of amides is 1. The number of carbonyl (C=O) groups is 1. The Morgan fingerprint density at radius 1 is 1.40 bits per heavy atom. The third kappa shape index (κ3) is 2.85. The Bertz CT molecular complexity index is 394. The van der Waals surface area contributed by atoms with Crippen molar-refractivity contribution in [2.24, 2.45) is 0 Å². The maximum atomic E-state index is 12.5. The summed E-state index contributed by atoms with van der Waals surface area (Å²) in [4.78, 5) is 10.2. The number of nitrogens with one attached hydrogen (secondary N) is 1. The van der Waals surface area contributed by atoms with Gasteiger partial charge < -0.3 is 5.32 Å². The molecule has 82 valence electrons. The summed E-state index contributed by atoms with van der Waals surface area (Å²) < 4.78 is 37.6. The molecule has 2 nitrogen and oxygen atoms in total. The quantitative estimate of drug-likeness (QED) is 0.829. The predicted octanol–water partition coefficient (Wildman–Crippen LogP) is 3.69. The van der Waals surface area contributed by atoms with Gasteiger partial charge in [-0.05, 0) is 28.1 Å². The van der Waals surface area contributed by atoms with Crippen molar-refractivity contribution in [3.05, 3.63) is 27.2 Å². The van der Waals surface area contributed by atoms with Crippen molar-refractivity contribution in [2.75, 3.05) is 5.32 Å². The smallest absolute Gasteiger partial charge is 0.327 e. The molecule has 0 atom stereocenters. The van der Waals surface area contributed by atoms with Gasteiger partial charge in [0.1, 0.15) is 0 Å². The summed E-state index contributed by atoms with van der Waals surface area (Å²) in [5.74, 6) is 0. The third-order valence-electron chi connectivity index (χ3n) is 1.56. The number of carbonyl (C=O) groups excluding carboxylic acids is 1. The van der Waals surface area contributed by atoms with Crippen LogP contribution in [0.4, 0.5) is 18.9 Å². The van der Waals surface area contributed by atoms with Crippen molar-refractivity contribution < 1.29 is 18.0 Å². The van der Waals surface area contributed by atoms with Gasteiger partial charge in [-0.2, -0.15) is 13.2 Å². The zero-order valence-corrected chi connectivity index (χ0v) is 9.37. The fraction of sp³-hybridized carbons (Fsp3) is 0.125. The van der Waals surface area contributed by atoms with Crippen molar-refractivity contribution in [2.45, 2.75) is 6.18 Å². The number of hydrogen-bond acceptors (Lipinski definition) is 1. The van der Waals surface area contributed by atoms with Crippen LogP contribution in [0.15, 0.2) is 16.6 Å². The zero-order chi connectivity index (χ0) is 11.6. The van der Waals surface area contributed by atoms with Crippen molar-refractivity contribution in [1.29, 1.82) is 0 Å². The van der Waals surface area contributed by atoms with Crippen LogP contribution in [0.25, 0.3) is 0 Å². The Kier molecular flexibility index (Phi) is 3.62. The van der Waals surface area contributed by atoms with Gasteiger partial charge in [0.25, 0.3) is 0 Å².